The minimum absolute atomic E-state index is 0.634. The molecule has 0 radical (unpaired) electrons. The van der Waals surface area contributed by atoms with Crippen LogP contribution in [0.3, 0.4) is 0 Å². The third-order valence-electron chi connectivity index (χ3n) is 4.48. The number of ether oxygens (including phenoxy) is 2. The molecule has 0 aliphatic rings. The molecular weight excluding hydrogens is 396 g/mol. The predicted molar refractivity (Wildman–Crippen MR) is 118 cm³/mol. The summed E-state index contributed by atoms with van der Waals surface area (Å²) in [6, 6.07) is 19.8. The van der Waals surface area contributed by atoms with Crippen LogP contribution < -0.4 is 9.47 Å². The van der Waals surface area contributed by atoms with E-state index in [1.807, 2.05) is 67.7 Å². The zero-order valence-corrected chi connectivity index (χ0v) is 17.7. The molecule has 0 atom stereocenters. The highest BCUT2D eigenvalue weighted by atomic mass is 32.2. The summed E-state index contributed by atoms with van der Waals surface area (Å²) in [6.45, 7) is 2.61. The minimum atomic E-state index is 0.634. The monoisotopic (exact) mass is 418 g/mol. The van der Waals surface area contributed by atoms with Crippen LogP contribution >= 0.6 is 11.8 Å². The second-order valence-corrected chi connectivity index (χ2v) is 7.39. The zero-order chi connectivity index (χ0) is 20.8. The molecule has 4 aromatic rings. The number of thioether (sulfide) groups is 1. The largest absolute Gasteiger partial charge is 0.497 e. The lowest BCUT2D eigenvalue weighted by atomic mass is 10.2. The first-order valence-electron chi connectivity index (χ1n) is 9.63. The summed E-state index contributed by atoms with van der Waals surface area (Å²) >= 11 is 1.63. The fourth-order valence-electron chi connectivity index (χ4n) is 3.01. The van der Waals surface area contributed by atoms with Gasteiger partial charge in [0.15, 0.2) is 11.0 Å². The fraction of sp³-hybridized carbons (Fsp3) is 0.174. The Hall–Kier alpha value is -3.32. The lowest BCUT2D eigenvalue weighted by Crippen LogP contribution is -2.00. The van der Waals surface area contributed by atoms with Crippen molar-refractivity contribution < 1.29 is 9.47 Å². The van der Waals surface area contributed by atoms with E-state index in [1.54, 1.807) is 25.1 Å². The number of aromatic nitrogens is 4. The van der Waals surface area contributed by atoms with Crippen molar-refractivity contribution >= 4 is 11.8 Å². The molecule has 0 N–H and O–H groups in total. The number of benzene rings is 2. The number of pyridine rings is 1. The number of nitrogens with zero attached hydrogens (tertiary/aromatic N) is 4. The normalized spacial score (nSPS) is 10.7. The molecule has 6 nitrogen and oxygen atoms in total. The maximum atomic E-state index is 5.59. The molecule has 0 saturated carbocycles. The van der Waals surface area contributed by atoms with Crippen LogP contribution in [0.25, 0.3) is 17.1 Å². The Labute approximate surface area is 179 Å². The van der Waals surface area contributed by atoms with Gasteiger partial charge in [0.1, 0.15) is 11.5 Å². The van der Waals surface area contributed by atoms with Crippen molar-refractivity contribution in [3.05, 3.63) is 78.6 Å². The molecule has 7 heteroatoms. The van der Waals surface area contributed by atoms with Crippen LogP contribution in [0.4, 0.5) is 0 Å². The van der Waals surface area contributed by atoms with Crippen LogP contribution in [0, 0.1) is 0 Å². The van der Waals surface area contributed by atoms with Crippen molar-refractivity contribution in [1.82, 2.24) is 19.7 Å². The van der Waals surface area contributed by atoms with E-state index in [1.165, 1.54) is 0 Å². The highest BCUT2D eigenvalue weighted by Crippen LogP contribution is 2.31. The molecule has 0 unspecified atom stereocenters. The van der Waals surface area contributed by atoms with Crippen LogP contribution in [0.1, 0.15) is 12.5 Å². The summed E-state index contributed by atoms with van der Waals surface area (Å²) in [6.07, 6.45) is 3.65. The van der Waals surface area contributed by atoms with Gasteiger partial charge in [-0.3, -0.25) is 9.55 Å². The van der Waals surface area contributed by atoms with Crippen LogP contribution in [-0.2, 0) is 5.75 Å². The molecule has 2 aromatic carbocycles. The van der Waals surface area contributed by atoms with Gasteiger partial charge in [-0.1, -0.05) is 17.8 Å². The minimum Gasteiger partial charge on any atom is -0.497 e. The average Bonchev–Trinajstić information content (AvgIpc) is 3.23. The summed E-state index contributed by atoms with van der Waals surface area (Å²) in [5.41, 5.74) is 3.07. The highest BCUT2D eigenvalue weighted by Gasteiger charge is 2.16. The molecular formula is C23H22N4O2S. The average molecular weight is 419 g/mol. The molecule has 4 rings (SSSR count). The molecule has 0 aliphatic heterocycles. The number of hydrogen-bond donors (Lipinski definition) is 0. The topological polar surface area (TPSA) is 62.1 Å². The van der Waals surface area contributed by atoms with Crippen LogP contribution in [0.2, 0.25) is 0 Å². The van der Waals surface area contributed by atoms with E-state index in [4.69, 9.17) is 9.47 Å². The van der Waals surface area contributed by atoms with E-state index in [2.05, 4.69) is 25.8 Å². The molecule has 30 heavy (non-hydrogen) atoms. The van der Waals surface area contributed by atoms with E-state index >= 15 is 0 Å². The van der Waals surface area contributed by atoms with E-state index in [0.717, 1.165) is 45.0 Å². The first-order valence-corrected chi connectivity index (χ1v) is 10.6. The van der Waals surface area contributed by atoms with Crippen molar-refractivity contribution in [2.75, 3.05) is 13.7 Å². The van der Waals surface area contributed by atoms with Gasteiger partial charge in [0.05, 0.1) is 13.7 Å². The predicted octanol–water partition coefficient (Wildman–Crippen LogP) is 5.03. The maximum absolute atomic E-state index is 5.59. The standard InChI is InChI=1S/C23H22N4O2S/c1-3-29-21-12-8-19(9-13-21)27-22(18-6-10-20(28-2)11-7-18)25-26-23(27)30-16-17-5-4-14-24-15-17/h4-15H,3,16H2,1-2H3. The molecule has 2 aromatic heterocycles. The third-order valence-corrected chi connectivity index (χ3v) is 5.48. The van der Waals surface area contributed by atoms with Gasteiger partial charge >= 0.3 is 0 Å². The van der Waals surface area contributed by atoms with E-state index in [-0.39, 0.29) is 0 Å². The van der Waals surface area contributed by atoms with Crippen LogP contribution in [0.15, 0.2) is 78.2 Å². The van der Waals surface area contributed by atoms with E-state index in [0.29, 0.717) is 6.61 Å². The maximum Gasteiger partial charge on any atom is 0.196 e. The first kappa shape index (κ1) is 20.0. The van der Waals surface area contributed by atoms with Gasteiger partial charge in [-0.05, 0) is 67.1 Å². The van der Waals surface area contributed by atoms with Gasteiger partial charge in [-0.2, -0.15) is 0 Å². The molecule has 152 valence electrons. The Kier molecular flexibility index (Phi) is 6.29. The van der Waals surface area contributed by atoms with Crippen molar-refractivity contribution in [3.63, 3.8) is 0 Å². The molecule has 0 fully saturated rings. The summed E-state index contributed by atoms with van der Waals surface area (Å²) < 4.78 is 12.9. The van der Waals surface area contributed by atoms with Gasteiger partial charge < -0.3 is 9.47 Å². The smallest absolute Gasteiger partial charge is 0.196 e. The summed E-state index contributed by atoms with van der Waals surface area (Å²) in [5.74, 6) is 3.17. The molecule has 2 heterocycles. The SMILES string of the molecule is CCOc1ccc(-n2c(SCc3cccnc3)nnc2-c2ccc(OC)cc2)cc1. The van der Waals surface area contributed by atoms with Crippen molar-refractivity contribution in [2.24, 2.45) is 0 Å². The van der Waals surface area contributed by atoms with Crippen molar-refractivity contribution in [2.45, 2.75) is 17.8 Å². The molecule has 0 aliphatic carbocycles. The number of hydrogen-bond acceptors (Lipinski definition) is 6. The molecule has 0 spiro atoms. The Bertz CT molecular complexity index is 1080. The molecule has 0 saturated heterocycles. The second kappa shape index (κ2) is 9.45. The van der Waals surface area contributed by atoms with Crippen LogP contribution in [0.5, 0.6) is 11.5 Å². The quantitative estimate of drug-likeness (QED) is 0.374. The lowest BCUT2D eigenvalue weighted by Gasteiger charge is -2.12. The summed E-state index contributed by atoms with van der Waals surface area (Å²) in [7, 11) is 1.66. The number of methoxy groups -OCH3 is 1. The van der Waals surface area contributed by atoms with Gasteiger partial charge in [0.2, 0.25) is 0 Å². The van der Waals surface area contributed by atoms with Crippen molar-refractivity contribution in [3.8, 4) is 28.6 Å². The molecule has 0 bridgehead atoms. The van der Waals surface area contributed by atoms with Crippen LogP contribution in [-0.4, -0.2) is 33.5 Å². The summed E-state index contributed by atoms with van der Waals surface area (Å²) in [5, 5.41) is 9.79. The van der Waals surface area contributed by atoms with Gasteiger partial charge in [-0.15, -0.1) is 10.2 Å². The highest BCUT2D eigenvalue weighted by molar-refractivity contribution is 7.98. The van der Waals surface area contributed by atoms with Gasteiger partial charge in [0.25, 0.3) is 0 Å². The summed E-state index contributed by atoms with van der Waals surface area (Å²) in [4.78, 5) is 4.19. The van der Waals surface area contributed by atoms with Gasteiger partial charge in [-0.25, -0.2) is 0 Å². The van der Waals surface area contributed by atoms with Crippen molar-refractivity contribution in [1.29, 1.82) is 0 Å². The zero-order valence-electron chi connectivity index (χ0n) is 16.9. The Morgan fingerprint density at radius 2 is 1.70 bits per heavy atom. The number of rotatable bonds is 8. The van der Waals surface area contributed by atoms with E-state index in [9.17, 15) is 0 Å². The molecule has 0 amide bonds. The Morgan fingerprint density at radius 1 is 0.933 bits per heavy atom. The Morgan fingerprint density at radius 3 is 2.37 bits per heavy atom. The third kappa shape index (κ3) is 4.46. The lowest BCUT2D eigenvalue weighted by molar-refractivity contribution is 0.340. The second-order valence-electron chi connectivity index (χ2n) is 6.45. The fourth-order valence-corrected chi connectivity index (χ4v) is 3.90. The Balaban J connectivity index is 1.71. The van der Waals surface area contributed by atoms with E-state index < -0.39 is 0 Å². The van der Waals surface area contributed by atoms with Gasteiger partial charge in [0, 0.05) is 29.4 Å². The first-order chi connectivity index (χ1) is 14.8.